The van der Waals surface area contributed by atoms with Gasteiger partial charge in [-0.1, -0.05) is 54.6 Å². The van der Waals surface area contributed by atoms with Gasteiger partial charge in [0.1, 0.15) is 11.6 Å². The molecule has 1 heterocycles. The Balaban J connectivity index is 1.69. The number of carboxylic acids is 1. The first-order chi connectivity index (χ1) is 16.8. The molecule has 0 aliphatic carbocycles. The number of guanidine groups is 1. The Morgan fingerprint density at radius 2 is 1.71 bits per heavy atom. The molecule has 0 radical (unpaired) electrons. The van der Waals surface area contributed by atoms with Gasteiger partial charge in [0, 0.05) is 12.7 Å². The van der Waals surface area contributed by atoms with Crippen LogP contribution in [0.3, 0.4) is 0 Å². The molecule has 0 saturated carbocycles. The van der Waals surface area contributed by atoms with Crippen molar-refractivity contribution in [1.29, 1.82) is 5.41 Å². The van der Waals surface area contributed by atoms with Gasteiger partial charge in [-0.15, -0.1) is 0 Å². The van der Waals surface area contributed by atoms with Crippen molar-refractivity contribution in [3.63, 3.8) is 0 Å². The Hall–Kier alpha value is -4.40. The predicted molar refractivity (Wildman–Crippen MR) is 134 cm³/mol. The van der Waals surface area contributed by atoms with Gasteiger partial charge in [-0.2, -0.15) is 0 Å². The molecule has 9 heteroatoms. The van der Waals surface area contributed by atoms with Crippen LogP contribution >= 0.6 is 0 Å². The summed E-state index contributed by atoms with van der Waals surface area (Å²) in [5, 5.41) is 21.6. The van der Waals surface area contributed by atoms with Crippen LogP contribution in [0, 0.1) is 5.41 Å². The van der Waals surface area contributed by atoms with E-state index in [4.69, 9.17) is 11.1 Å². The first-order valence-electron chi connectivity index (χ1n) is 11.3. The van der Waals surface area contributed by atoms with E-state index in [2.05, 4.69) is 22.8 Å². The molecule has 0 fully saturated rings. The van der Waals surface area contributed by atoms with Crippen LogP contribution in [0.15, 0.2) is 77.7 Å². The fourth-order valence-electron chi connectivity index (χ4n) is 3.72. The van der Waals surface area contributed by atoms with Crippen molar-refractivity contribution in [2.45, 2.75) is 31.8 Å². The molecule has 0 saturated heterocycles. The second kappa shape index (κ2) is 12.2. The van der Waals surface area contributed by atoms with Gasteiger partial charge in [0.15, 0.2) is 5.96 Å². The molecular formula is C26H29N5O4. The topological polar surface area (TPSA) is 150 Å². The minimum Gasteiger partial charge on any atom is -0.480 e. The number of hydrogen-bond acceptors (Lipinski definition) is 4. The zero-order valence-corrected chi connectivity index (χ0v) is 19.2. The van der Waals surface area contributed by atoms with E-state index in [0.717, 1.165) is 17.5 Å². The minimum absolute atomic E-state index is 0.122. The third-order valence-electron chi connectivity index (χ3n) is 5.45. The summed E-state index contributed by atoms with van der Waals surface area (Å²) in [4.78, 5) is 37.3. The lowest BCUT2D eigenvalue weighted by Crippen LogP contribution is -2.43. The third-order valence-corrected chi connectivity index (χ3v) is 5.45. The van der Waals surface area contributed by atoms with Crippen molar-refractivity contribution < 1.29 is 14.7 Å². The van der Waals surface area contributed by atoms with E-state index in [-0.39, 0.29) is 24.5 Å². The van der Waals surface area contributed by atoms with Crippen LogP contribution < -0.4 is 21.9 Å². The molecule has 1 amide bonds. The molecule has 0 spiro atoms. The Morgan fingerprint density at radius 3 is 2.43 bits per heavy atom. The van der Waals surface area contributed by atoms with E-state index >= 15 is 0 Å². The van der Waals surface area contributed by atoms with Crippen LogP contribution in [-0.4, -0.2) is 40.1 Å². The molecule has 0 unspecified atom stereocenters. The van der Waals surface area contributed by atoms with Crippen molar-refractivity contribution in [3.05, 3.63) is 106 Å². The van der Waals surface area contributed by atoms with Gasteiger partial charge in [0.2, 0.25) is 0 Å². The van der Waals surface area contributed by atoms with Gasteiger partial charge in [0.05, 0.1) is 6.54 Å². The number of rotatable bonds is 11. The third kappa shape index (κ3) is 7.56. The second-order valence-electron chi connectivity index (χ2n) is 8.18. The van der Waals surface area contributed by atoms with E-state index in [1.807, 2.05) is 42.5 Å². The number of aliphatic carboxylic acids is 1. The number of carbonyl (C=O) groups is 2. The quantitative estimate of drug-likeness (QED) is 0.162. The van der Waals surface area contributed by atoms with Crippen molar-refractivity contribution in [2.75, 3.05) is 6.54 Å². The van der Waals surface area contributed by atoms with Gasteiger partial charge < -0.3 is 26.0 Å². The van der Waals surface area contributed by atoms with E-state index in [1.165, 1.54) is 16.2 Å². The summed E-state index contributed by atoms with van der Waals surface area (Å²) in [6.07, 6.45) is 2.86. The highest BCUT2D eigenvalue weighted by Gasteiger charge is 2.22. The lowest BCUT2D eigenvalue weighted by atomic mass is 10.0. The predicted octanol–water partition coefficient (Wildman–Crippen LogP) is 1.93. The summed E-state index contributed by atoms with van der Waals surface area (Å²) in [7, 11) is 0. The van der Waals surface area contributed by atoms with Crippen LogP contribution in [0.1, 0.15) is 39.9 Å². The Labute approximate surface area is 203 Å². The number of amides is 1. The first kappa shape index (κ1) is 25.2. The van der Waals surface area contributed by atoms with Gasteiger partial charge in [-0.05, 0) is 48.1 Å². The van der Waals surface area contributed by atoms with Gasteiger partial charge in [0.25, 0.3) is 11.5 Å². The van der Waals surface area contributed by atoms with Crippen molar-refractivity contribution in [3.8, 4) is 0 Å². The summed E-state index contributed by atoms with van der Waals surface area (Å²) in [6, 6.07) is 19.8. The fraction of sp³-hybridized carbons (Fsp3) is 0.231. The number of nitrogens with one attached hydrogen (secondary N) is 3. The summed E-state index contributed by atoms with van der Waals surface area (Å²) in [5.74, 6) is -2.15. The number of carbonyl (C=O) groups excluding carboxylic acids is 1. The standard InChI is InChI=1S/C26H29N5O4/c27-26(28)29-13-5-12-22(25(34)35)30-23(32)21-11-6-14-31(24(21)33)17-20-10-4-9-19(16-20)15-18-7-2-1-3-8-18/h1-4,6-11,14,16,22H,5,12-13,15,17H2,(H,30,32)(H,34,35)(H4,27,28,29)/t22-/m0/s1. The number of pyridine rings is 1. The lowest BCUT2D eigenvalue weighted by Gasteiger charge is -2.15. The Kier molecular flexibility index (Phi) is 8.77. The fourth-order valence-corrected chi connectivity index (χ4v) is 3.72. The molecule has 182 valence electrons. The number of nitrogens with zero attached hydrogens (tertiary/aromatic N) is 1. The van der Waals surface area contributed by atoms with Crippen LogP contribution in [0.5, 0.6) is 0 Å². The molecule has 0 aliphatic heterocycles. The lowest BCUT2D eigenvalue weighted by molar-refractivity contribution is -0.139. The highest BCUT2D eigenvalue weighted by atomic mass is 16.4. The number of benzene rings is 2. The molecular weight excluding hydrogens is 446 g/mol. The maximum atomic E-state index is 13.0. The highest BCUT2D eigenvalue weighted by molar-refractivity contribution is 5.96. The normalized spacial score (nSPS) is 11.4. The average molecular weight is 476 g/mol. The molecule has 0 aliphatic rings. The molecule has 3 aromatic rings. The summed E-state index contributed by atoms with van der Waals surface area (Å²) >= 11 is 0. The average Bonchev–Trinajstić information content (AvgIpc) is 2.83. The van der Waals surface area contributed by atoms with E-state index in [1.54, 1.807) is 12.3 Å². The summed E-state index contributed by atoms with van der Waals surface area (Å²) in [6.45, 7) is 0.581. The Morgan fingerprint density at radius 1 is 1.00 bits per heavy atom. The van der Waals surface area contributed by atoms with Gasteiger partial charge >= 0.3 is 5.97 Å². The zero-order chi connectivity index (χ0) is 25.2. The maximum absolute atomic E-state index is 13.0. The summed E-state index contributed by atoms with van der Waals surface area (Å²) in [5.41, 5.74) is 7.79. The first-order valence-corrected chi connectivity index (χ1v) is 11.3. The number of hydrogen-bond donors (Lipinski definition) is 5. The van der Waals surface area contributed by atoms with E-state index in [0.29, 0.717) is 13.0 Å². The number of nitrogens with two attached hydrogens (primary N) is 1. The minimum atomic E-state index is -1.20. The highest BCUT2D eigenvalue weighted by Crippen LogP contribution is 2.12. The molecule has 9 nitrogen and oxygen atoms in total. The second-order valence-corrected chi connectivity index (χ2v) is 8.18. The summed E-state index contributed by atoms with van der Waals surface area (Å²) < 4.78 is 1.43. The van der Waals surface area contributed by atoms with Crippen molar-refractivity contribution >= 4 is 17.8 Å². The van der Waals surface area contributed by atoms with Crippen LogP contribution in [0.25, 0.3) is 0 Å². The van der Waals surface area contributed by atoms with E-state index in [9.17, 15) is 19.5 Å². The number of aromatic nitrogens is 1. The van der Waals surface area contributed by atoms with Crippen LogP contribution in [-0.2, 0) is 17.8 Å². The molecule has 1 aromatic heterocycles. The largest absolute Gasteiger partial charge is 0.480 e. The van der Waals surface area contributed by atoms with Crippen molar-refractivity contribution in [1.82, 2.24) is 15.2 Å². The van der Waals surface area contributed by atoms with Crippen LogP contribution in [0.2, 0.25) is 0 Å². The molecule has 35 heavy (non-hydrogen) atoms. The zero-order valence-electron chi connectivity index (χ0n) is 19.2. The van der Waals surface area contributed by atoms with E-state index < -0.39 is 23.5 Å². The molecule has 3 rings (SSSR count). The SMILES string of the molecule is N=C(N)NCCC[C@H](NC(=O)c1cccn(Cc2cccc(Cc3ccccc3)c2)c1=O)C(=O)O. The number of carboxylic acid groups (broad SMARTS) is 1. The van der Waals surface area contributed by atoms with Gasteiger partial charge in [-0.25, -0.2) is 4.79 Å². The maximum Gasteiger partial charge on any atom is 0.326 e. The smallest absolute Gasteiger partial charge is 0.326 e. The monoisotopic (exact) mass is 475 g/mol. The molecule has 1 atom stereocenters. The Bertz CT molecular complexity index is 1240. The van der Waals surface area contributed by atoms with Crippen LogP contribution in [0.4, 0.5) is 0 Å². The molecule has 6 N–H and O–H groups in total. The molecule has 0 bridgehead atoms. The van der Waals surface area contributed by atoms with Gasteiger partial charge in [-0.3, -0.25) is 15.0 Å². The molecule has 2 aromatic carbocycles. The van der Waals surface area contributed by atoms with Crippen molar-refractivity contribution in [2.24, 2.45) is 5.73 Å².